The van der Waals surface area contributed by atoms with Crippen LogP contribution in [0.2, 0.25) is 0 Å². The number of hydrogen-bond donors (Lipinski definition) is 1. The first-order chi connectivity index (χ1) is 4.70. The Labute approximate surface area is 60.7 Å². The molecule has 0 unspecified atom stereocenters. The van der Waals surface area contributed by atoms with E-state index in [1.165, 1.54) is 0 Å². The first kappa shape index (κ1) is 9.14. The van der Waals surface area contributed by atoms with Gasteiger partial charge in [-0.2, -0.15) is 0 Å². The summed E-state index contributed by atoms with van der Waals surface area (Å²) in [6.07, 6.45) is 1.72. The zero-order valence-corrected chi connectivity index (χ0v) is 6.42. The van der Waals surface area contributed by atoms with Crippen molar-refractivity contribution >= 4 is 11.5 Å². The predicted octanol–water partition coefficient (Wildman–Crippen LogP) is 1.60. The van der Waals surface area contributed by atoms with Crippen LogP contribution < -0.4 is 0 Å². The first-order valence-electron chi connectivity index (χ1n) is 3.40. The van der Waals surface area contributed by atoms with Crippen LogP contribution in [0.5, 0.6) is 0 Å². The van der Waals surface area contributed by atoms with Crippen LogP contribution >= 0.6 is 0 Å². The molecular weight excluding hydrogens is 130 g/mol. The molecule has 0 aliphatic rings. The Balaban J connectivity index is 3.58. The largest absolute Gasteiger partial charge is 0.411 e. The third-order valence-electron chi connectivity index (χ3n) is 1.15. The highest BCUT2D eigenvalue weighted by Crippen LogP contribution is 1.95. The van der Waals surface area contributed by atoms with Gasteiger partial charge in [0.2, 0.25) is 0 Å². The summed E-state index contributed by atoms with van der Waals surface area (Å²) in [7, 11) is 0. The van der Waals surface area contributed by atoms with Crippen LogP contribution in [0.1, 0.15) is 33.1 Å². The fourth-order valence-electron chi connectivity index (χ4n) is 0.688. The van der Waals surface area contributed by atoms with E-state index in [0.29, 0.717) is 12.1 Å². The minimum atomic E-state index is 0.137. The average Bonchev–Trinajstić information content (AvgIpc) is 1.88. The molecule has 0 aromatic heterocycles. The van der Waals surface area contributed by atoms with Crippen molar-refractivity contribution < 1.29 is 10.0 Å². The van der Waals surface area contributed by atoms with Gasteiger partial charge >= 0.3 is 0 Å². The van der Waals surface area contributed by atoms with Crippen molar-refractivity contribution in [3.05, 3.63) is 0 Å². The standard InChI is InChI=1S/C7H13NO2/c1-3-4-7(9)5-6(2)8-10/h10H,3-5H2,1-2H3. The number of carbonyl (C=O) groups excluding carboxylic acids is 1. The summed E-state index contributed by atoms with van der Waals surface area (Å²) in [4.78, 5) is 10.8. The van der Waals surface area contributed by atoms with E-state index in [0.717, 1.165) is 6.42 Å². The zero-order chi connectivity index (χ0) is 7.98. The highest BCUT2D eigenvalue weighted by atomic mass is 16.4. The summed E-state index contributed by atoms with van der Waals surface area (Å²) in [6.45, 7) is 3.58. The summed E-state index contributed by atoms with van der Waals surface area (Å²) in [6, 6.07) is 0. The van der Waals surface area contributed by atoms with Crippen molar-refractivity contribution in [3.8, 4) is 0 Å². The molecule has 58 valence electrons. The van der Waals surface area contributed by atoms with Gasteiger partial charge in [0, 0.05) is 12.8 Å². The van der Waals surface area contributed by atoms with E-state index < -0.39 is 0 Å². The molecule has 0 heterocycles. The molecule has 3 heteroatoms. The molecule has 0 aliphatic heterocycles. The molecule has 0 fully saturated rings. The van der Waals surface area contributed by atoms with E-state index in [-0.39, 0.29) is 12.2 Å². The molecular formula is C7H13NO2. The van der Waals surface area contributed by atoms with Gasteiger partial charge in [-0.3, -0.25) is 4.79 Å². The van der Waals surface area contributed by atoms with E-state index >= 15 is 0 Å². The highest BCUT2D eigenvalue weighted by molar-refractivity contribution is 6.00. The Kier molecular flexibility index (Phi) is 4.54. The number of rotatable bonds is 4. The molecule has 0 bridgehead atoms. The van der Waals surface area contributed by atoms with Crippen LogP contribution in [-0.4, -0.2) is 16.7 Å². The number of carbonyl (C=O) groups is 1. The van der Waals surface area contributed by atoms with Gasteiger partial charge in [0.15, 0.2) is 0 Å². The van der Waals surface area contributed by atoms with Crippen molar-refractivity contribution in [1.29, 1.82) is 0 Å². The maximum Gasteiger partial charge on any atom is 0.138 e. The van der Waals surface area contributed by atoms with Crippen molar-refractivity contribution in [2.24, 2.45) is 5.16 Å². The molecule has 3 nitrogen and oxygen atoms in total. The Morgan fingerprint density at radius 2 is 2.20 bits per heavy atom. The molecule has 1 N–H and O–H groups in total. The van der Waals surface area contributed by atoms with Crippen LogP contribution in [0.4, 0.5) is 0 Å². The minimum absolute atomic E-state index is 0.137. The molecule has 0 saturated carbocycles. The number of ketones is 1. The number of oxime groups is 1. The molecule has 10 heavy (non-hydrogen) atoms. The summed E-state index contributed by atoms with van der Waals surface area (Å²) in [5.74, 6) is 0.137. The molecule has 0 aromatic carbocycles. The predicted molar refractivity (Wildman–Crippen MR) is 39.4 cm³/mol. The second kappa shape index (κ2) is 4.97. The lowest BCUT2D eigenvalue weighted by Gasteiger charge is -1.94. The lowest BCUT2D eigenvalue weighted by molar-refractivity contribution is -0.117. The molecule has 0 amide bonds. The fraction of sp³-hybridized carbons (Fsp3) is 0.714. The van der Waals surface area contributed by atoms with Gasteiger partial charge < -0.3 is 5.21 Å². The Morgan fingerprint density at radius 3 is 2.60 bits per heavy atom. The Morgan fingerprint density at radius 1 is 1.60 bits per heavy atom. The van der Waals surface area contributed by atoms with Crippen LogP contribution in [0, 0.1) is 0 Å². The fourth-order valence-corrected chi connectivity index (χ4v) is 0.688. The second-order valence-electron chi connectivity index (χ2n) is 2.30. The van der Waals surface area contributed by atoms with E-state index in [2.05, 4.69) is 5.16 Å². The molecule has 0 aromatic rings. The summed E-state index contributed by atoms with van der Waals surface area (Å²) in [5, 5.41) is 11.1. The van der Waals surface area contributed by atoms with Crippen LogP contribution in [0.25, 0.3) is 0 Å². The van der Waals surface area contributed by atoms with Crippen LogP contribution in [-0.2, 0) is 4.79 Å². The third kappa shape index (κ3) is 4.06. The van der Waals surface area contributed by atoms with Gasteiger partial charge in [-0.1, -0.05) is 12.1 Å². The van der Waals surface area contributed by atoms with Crippen molar-refractivity contribution in [3.63, 3.8) is 0 Å². The smallest absolute Gasteiger partial charge is 0.138 e. The van der Waals surface area contributed by atoms with Crippen molar-refractivity contribution in [2.75, 3.05) is 0 Å². The van der Waals surface area contributed by atoms with E-state index in [1.807, 2.05) is 6.92 Å². The molecule has 0 radical (unpaired) electrons. The normalized spacial score (nSPS) is 11.6. The van der Waals surface area contributed by atoms with Gasteiger partial charge in [-0.25, -0.2) is 0 Å². The lowest BCUT2D eigenvalue weighted by atomic mass is 10.1. The molecule has 0 rings (SSSR count). The van der Waals surface area contributed by atoms with Gasteiger partial charge in [0.25, 0.3) is 0 Å². The molecule has 0 spiro atoms. The summed E-state index contributed by atoms with van der Waals surface area (Å²) < 4.78 is 0. The molecule has 0 atom stereocenters. The first-order valence-corrected chi connectivity index (χ1v) is 3.40. The zero-order valence-electron chi connectivity index (χ0n) is 6.42. The SMILES string of the molecule is CCCC(=O)CC(C)=NO. The minimum Gasteiger partial charge on any atom is -0.411 e. The molecule has 0 saturated heterocycles. The third-order valence-corrected chi connectivity index (χ3v) is 1.15. The lowest BCUT2D eigenvalue weighted by Crippen LogP contribution is -2.03. The summed E-state index contributed by atoms with van der Waals surface area (Å²) >= 11 is 0. The van der Waals surface area contributed by atoms with E-state index in [1.54, 1.807) is 6.92 Å². The number of nitrogens with zero attached hydrogens (tertiary/aromatic N) is 1. The van der Waals surface area contributed by atoms with Crippen molar-refractivity contribution in [1.82, 2.24) is 0 Å². The van der Waals surface area contributed by atoms with Gasteiger partial charge in [0.05, 0.1) is 5.71 Å². The quantitative estimate of drug-likeness (QED) is 0.369. The van der Waals surface area contributed by atoms with Gasteiger partial charge in [0.1, 0.15) is 5.78 Å². The topological polar surface area (TPSA) is 49.7 Å². The number of hydrogen-bond acceptors (Lipinski definition) is 3. The van der Waals surface area contributed by atoms with E-state index in [9.17, 15) is 4.79 Å². The van der Waals surface area contributed by atoms with Crippen molar-refractivity contribution in [2.45, 2.75) is 33.1 Å². The second-order valence-corrected chi connectivity index (χ2v) is 2.30. The summed E-state index contributed by atoms with van der Waals surface area (Å²) in [5.41, 5.74) is 0.485. The van der Waals surface area contributed by atoms with Gasteiger partial charge in [-0.15, -0.1) is 0 Å². The van der Waals surface area contributed by atoms with Crippen LogP contribution in [0.3, 0.4) is 0 Å². The van der Waals surface area contributed by atoms with E-state index in [4.69, 9.17) is 5.21 Å². The molecule has 0 aliphatic carbocycles. The van der Waals surface area contributed by atoms with Gasteiger partial charge in [-0.05, 0) is 13.3 Å². The average molecular weight is 143 g/mol. The highest BCUT2D eigenvalue weighted by Gasteiger charge is 2.01. The Bertz CT molecular complexity index is 141. The maximum atomic E-state index is 10.8. The number of Topliss-reactive ketones (excluding diaryl/α,β-unsaturated/α-hetero) is 1. The Hall–Kier alpha value is -0.860. The monoisotopic (exact) mass is 143 g/mol. The van der Waals surface area contributed by atoms with Crippen LogP contribution in [0.15, 0.2) is 5.16 Å². The maximum absolute atomic E-state index is 10.8.